The summed E-state index contributed by atoms with van der Waals surface area (Å²) in [6.45, 7) is 8.02. The number of rotatable bonds is 4. The summed E-state index contributed by atoms with van der Waals surface area (Å²) in [7, 11) is 0. The second kappa shape index (κ2) is 5.61. The molecule has 5 heteroatoms. The summed E-state index contributed by atoms with van der Waals surface area (Å²) in [6.07, 6.45) is 3.26. The minimum atomic E-state index is -0.617. The molecule has 0 N–H and O–H groups in total. The van der Waals surface area contributed by atoms with Crippen LogP contribution in [0.1, 0.15) is 44.4 Å². The van der Waals surface area contributed by atoms with Gasteiger partial charge in [-0.1, -0.05) is 18.2 Å². The first-order valence-electron chi connectivity index (χ1n) is 7.10. The first-order chi connectivity index (χ1) is 10.3. The molecule has 0 amide bonds. The molecule has 0 aliphatic heterocycles. The Morgan fingerprint density at radius 1 is 0.909 bits per heavy atom. The maximum absolute atomic E-state index is 9.40. The first kappa shape index (κ1) is 15.7. The van der Waals surface area contributed by atoms with Crippen LogP contribution in [-0.4, -0.2) is 15.0 Å². The Balaban J connectivity index is 2.55. The van der Waals surface area contributed by atoms with Crippen molar-refractivity contribution < 1.29 is 0 Å². The minimum Gasteiger partial charge on any atom is -0.197 e. The average molecular weight is 293 g/mol. The van der Waals surface area contributed by atoms with Gasteiger partial charge < -0.3 is 0 Å². The highest BCUT2D eigenvalue weighted by Crippen LogP contribution is 2.30. The topological polar surface area (TPSA) is 78.3 Å². The van der Waals surface area contributed by atoms with Crippen molar-refractivity contribution in [2.75, 3.05) is 0 Å². The molecule has 0 bridgehead atoms. The van der Waals surface area contributed by atoms with Crippen molar-refractivity contribution in [3.63, 3.8) is 0 Å². The van der Waals surface area contributed by atoms with Gasteiger partial charge in [-0.3, -0.25) is 0 Å². The molecule has 0 radical (unpaired) electrons. The highest BCUT2D eigenvalue weighted by Gasteiger charge is 2.26. The number of hydrogen-bond acceptors (Lipinski definition) is 4. The van der Waals surface area contributed by atoms with Gasteiger partial charge in [0.1, 0.15) is 0 Å². The van der Waals surface area contributed by atoms with Crippen molar-refractivity contribution >= 4 is 0 Å². The number of nitriles is 2. The third kappa shape index (κ3) is 3.15. The fraction of sp³-hybridized carbons (Fsp3) is 0.412. The number of benzene rings is 1. The normalized spacial score (nSPS) is 11.7. The molecule has 1 aromatic carbocycles. The van der Waals surface area contributed by atoms with Gasteiger partial charge in [-0.05, 0) is 44.4 Å². The summed E-state index contributed by atoms with van der Waals surface area (Å²) >= 11 is 0. The summed E-state index contributed by atoms with van der Waals surface area (Å²) in [4.78, 5) is 1.58. The fourth-order valence-electron chi connectivity index (χ4n) is 2.12. The van der Waals surface area contributed by atoms with Crippen LogP contribution >= 0.6 is 0 Å². The predicted octanol–water partition coefficient (Wildman–Crippen LogP) is 2.93. The van der Waals surface area contributed by atoms with Crippen molar-refractivity contribution in [3.8, 4) is 12.1 Å². The molecule has 112 valence electrons. The van der Waals surface area contributed by atoms with Gasteiger partial charge in [0.2, 0.25) is 0 Å². The van der Waals surface area contributed by atoms with Crippen LogP contribution in [0.15, 0.2) is 30.6 Å². The Bertz CT molecular complexity index is 698. The van der Waals surface area contributed by atoms with E-state index in [2.05, 4.69) is 22.3 Å². The standard InChI is InChI=1S/C17H19N5/c1-16(2,11-18)14-7-13(10-22-20-5-6-21-22)8-15(9-14)17(3,4)12-19/h5-9H,10H2,1-4H3. The van der Waals surface area contributed by atoms with Crippen LogP contribution in [0.3, 0.4) is 0 Å². The number of aromatic nitrogens is 3. The van der Waals surface area contributed by atoms with E-state index in [1.165, 1.54) is 0 Å². The molecule has 5 nitrogen and oxygen atoms in total. The van der Waals surface area contributed by atoms with Crippen LogP contribution in [0.2, 0.25) is 0 Å². The molecule has 22 heavy (non-hydrogen) atoms. The molecule has 2 rings (SSSR count). The Hall–Kier alpha value is -2.66. The number of nitrogens with zero attached hydrogens (tertiary/aromatic N) is 5. The van der Waals surface area contributed by atoms with Gasteiger partial charge in [-0.25, -0.2) is 0 Å². The number of hydrogen-bond donors (Lipinski definition) is 0. The maximum Gasteiger partial charge on any atom is 0.0857 e. The molecule has 0 aliphatic carbocycles. The van der Waals surface area contributed by atoms with Crippen LogP contribution in [0.4, 0.5) is 0 Å². The van der Waals surface area contributed by atoms with E-state index >= 15 is 0 Å². The van der Waals surface area contributed by atoms with Gasteiger partial charge in [0, 0.05) is 0 Å². The van der Waals surface area contributed by atoms with Crippen molar-refractivity contribution in [2.45, 2.75) is 45.1 Å². The molecular formula is C17H19N5. The molecule has 0 saturated heterocycles. The summed E-state index contributed by atoms with van der Waals surface area (Å²) in [5.74, 6) is 0. The van der Waals surface area contributed by atoms with Gasteiger partial charge in [0.15, 0.2) is 0 Å². The smallest absolute Gasteiger partial charge is 0.0857 e. The predicted molar refractivity (Wildman–Crippen MR) is 82.8 cm³/mol. The highest BCUT2D eigenvalue weighted by atomic mass is 15.5. The maximum atomic E-state index is 9.40. The SMILES string of the molecule is CC(C)(C#N)c1cc(Cn2nccn2)cc(C(C)(C)C#N)c1. The van der Waals surface area contributed by atoms with Crippen molar-refractivity contribution in [1.29, 1.82) is 10.5 Å². The summed E-state index contributed by atoms with van der Waals surface area (Å²) in [5.41, 5.74) is 1.55. The molecule has 0 unspecified atom stereocenters. The fourth-order valence-corrected chi connectivity index (χ4v) is 2.12. The van der Waals surface area contributed by atoms with E-state index in [0.29, 0.717) is 6.54 Å². The molecule has 0 spiro atoms. The molecule has 0 aliphatic rings. The lowest BCUT2D eigenvalue weighted by molar-refractivity contribution is 0.585. The zero-order valence-electron chi connectivity index (χ0n) is 13.3. The van der Waals surface area contributed by atoms with E-state index in [4.69, 9.17) is 0 Å². The molecular weight excluding hydrogens is 274 g/mol. The molecule has 1 heterocycles. The lowest BCUT2D eigenvalue weighted by Crippen LogP contribution is -2.20. The third-order valence-corrected chi connectivity index (χ3v) is 3.79. The largest absolute Gasteiger partial charge is 0.197 e. The van der Waals surface area contributed by atoms with Crippen LogP contribution in [0.5, 0.6) is 0 Å². The van der Waals surface area contributed by atoms with Crippen molar-refractivity contribution in [3.05, 3.63) is 47.3 Å². The summed E-state index contributed by atoms with van der Waals surface area (Å²) < 4.78 is 0. The zero-order chi connectivity index (χ0) is 16.4. The quantitative estimate of drug-likeness (QED) is 0.868. The molecule has 0 atom stereocenters. The van der Waals surface area contributed by atoms with Crippen LogP contribution in [-0.2, 0) is 17.4 Å². The van der Waals surface area contributed by atoms with Crippen molar-refractivity contribution in [1.82, 2.24) is 15.0 Å². The van der Waals surface area contributed by atoms with E-state index in [0.717, 1.165) is 16.7 Å². The van der Waals surface area contributed by atoms with E-state index in [1.807, 2.05) is 45.9 Å². The first-order valence-corrected chi connectivity index (χ1v) is 7.10. The molecule has 2 aromatic rings. The highest BCUT2D eigenvalue weighted by molar-refractivity contribution is 5.42. The lowest BCUT2D eigenvalue weighted by atomic mass is 9.79. The Morgan fingerprint density at radius 3 is 1.77 bits per heavy atom. The second-order valence-corrected chi connectivity index (χ2v) is 6.45. The minimum absolute atomic E-state index is 0.511. The van der Waals surface area contributed by atoms with E-state index in [1.54, 1.807) is 17.2 Å². The van der Waals surface area contributed by atoms with Gasteiger partial charge in [-0.15, -0.1) is 0 Å². The van der Waals surface area contributed by atoms with Gasteiger partial charge >= 0.3 is 0 Å². The van der Waals surface area contributed by atoms with E-state index in [-0.39, 0.29) is 0 Å². The van der Waals surface area contributed by atoms with Crippen molar-refractivity contribution in [2.24, 2.45) is 0 Å². The van der Waals surface area contributed by atoms with E-state index < -0.39 is 10.8 Å². The average Bonchev–Trinajstić information content (AvgIpc) is 2.99. The molecule has 0 fully saturated rings. The van der Waals surface area contributed by atoms with E-state index in [9.17, 15) is 10.5 Å². The molecule has 0 saturated carbocycles. The monoisotopic (exact) mass is 293 g/mol. The Labute approximate surface area is 130 Å². The Morgan fingerprint density at radius 2 is 1.36 bits per heavy atom. The lowest BCUT2D eigenvalue weighted by Gasteiger charge is -2.23. The van der Waals surface area contributed by atoms with Crippen LogP contribution in [0, 0.1) is 22.7 Å². The summed E-state index contributed by atoms with van der Waals surface area (Å²) in [6, 6.07) is 10.6. The Kier molecular flexibility index (Phi) is 4.01. The van der Waals surface area contributed by atoms with Gasteiger partial charge in [-0.2, -0.15) is 25.5 Å². The second-order valence-electron chi connectivity index (χ2n) is 6.45. The van der Waals surface area contributed by atoms with Gasteiger partial charge in [0.25, 0.3) is 0 Å². The molecule has 1 aromatic heterocycles. The van der Waals surface area contributed by atoms with Gasteiger partial charge in [0.05, 0.1) is 41.9 Å². The third-order valence-electron chi connectivity index (χ3n) is 3.79. The summed E-state index contributed by atoms with van der Waals surface area (Å²) in [5, 5.41) is 27.0. The van der Waals surface area contributed by atoms with Crippen LogP contribution in [0.25, 0.3) is 0 Å². The van der Waals surface area contributed by atoms with Crippen LogP contribution < -0.4 is 0 Å². The zero-order valence-corrected chi connectivity index (χ0v) is 13.3.